The summed E-state index contributed by atoms with van der Waals surface area (Å²) in [5.41, 5.74) is -0.443. The molecule has 0 radical (unpaired) electrons. The van der Waals surface area contributed by atoms with Crippen LogP contribution in [0.2, 0.25) is 0 Å². The summed E-state index contributed by atoms with van der Waals surface area (Å²) >= 11 is 0. The monoisotopic (exact) mass is 455 g/mol. The van der Waals surface area contributed by atoms with Gasteiger partial charge in [0.1, 0.15) is 18.1 Å². The van der Waals surface area contributed by atoms with Crippen molar-refractivity contribution in [3.63, 3.8) is 0 Å². The van der Waals surface area contributed by atoms with Crippen LogP contribution in [-0.4, -0.2) is 38.4 Å². The van der Waals surface area contributed by atoms with E-state index in [9.17, 15) is 28.3 Å². The van der Waals surface area contributed by atoms with Crippen molar-refractivity contribution in [2.45, 2.75) is 30.8 Å². The number of alkyl halides is 2. The molecule has 0 aliphatic carbocycles. The van der Waals surface area contributed by atoms with Crippen LogP contribution >= 0.6 is 0 Å². The zero-order chi connectivity index (χ0) is 23.6. The van der Waals surface area contributed by atoms with Crippen LogP contribution < -0.4 is 11.0 Å². The van der Waals surface area contributed by atoms with Gasteiger partial charge in [-0.1, -0.05) is 48.5 Å². The minimum atomic E-state index is -3.61. The Morgan fingerprint density at radius 3 is 2.36 bits per heavy atom. The Morgan fingerprint density at radius 2 is 1.73 bits per heavy atom. The summed E-state index contributed by atoms with van der Waals surface area (Å²) in [4.78, 5) is 40.9. The number of amides is 1. The number of aromatic nitrogens is 2. The highest BCUT2D eigenvalue weighted by atomic mass is 19.3. The Balaban J connectivity index is 1.50. The van der Waals surface area contributed by atoms with Crippen molar-refractivity contribution in [3.8, 4) is 0 Å². The summed E-state index contributed by atoms with van der Waals surface area (Å²) in [5.74, 6) is -5.38. The van der Waals surface area contributed by atoms with E-state index in [1.54, 1.807) is 48.5 Å². The molecule has 1 aliphatic heterocycles. The van der Waals surface area contributed by atoms with Gasteiger partial charge >= 0.3 is 5.69 Å². The average molecular weight is 455 g/mol. The van der Waals surface area contributed by atoms with Gasteiger partial charge in [0.2, 0.25) is 5.78 Å². The number of ether oxygens (including phenoxy) is 1. The lowest BCUT2D eigenvalue weighted by atomic mass is 9.98. The number of Topliss-reactive ketones (excluding diaryl/α,β-unsaturated/α-hetero) is 1. The molecule has 3 atom stereocenters. The molecule has 2 aromatic carbocycles. The Bertz CT molecular complexity index is 1220. The molecule has 2 heterocycles. The van der Waals surface area contributed by atoms with Crippen molar-refractivity contribution in [3.05, 3.63) is 94.5 Å². The van der Waals surface area contributed by atoms with E-state index in [-0.39, 0.29) is 11.4 Å². The summed E-state index contributed by atoms with van der Waals surface area (Å²) in [5, 5.41) is 12.7. The van der Waals surface area contributed by atoms with Crippen LogP contribution in [0.25, 0.3) is 0 Å². The number of nitrogens with zero attached hydrogens (tertiary/aromatic N) is 2. The van der Waals surface area contributed by atoms with E-state index in [4.69, 9.17) is 4.74 Å². The highest BCUT2D eigenvalue weighted by Crippen LogP contribution is 2.42. The van der Waals surface area contributed by atoms with Gasteiger partial charge in [-0.2, -0.15) is 4.98 Å². The quantitative estimate of drug-likeness (QED) is 0.592. The molecular formula is C23H19F2N3O5. The number of aliphatic hydroxyl groups excluding tert-OH is 1. The molecule has 10 heteroatoms. The minimum Gasteiger partial charge on any atom is -0.380 e. The third-order valence-corrected chi connectivity index (χ3v) is 5.18. The number of carbonyl (C=O) groups is 2. The van der Waals surface area contributed by atoms with Crippen LogP contribution in [0.15, 0.2) is 77.7 Å². The van der Waals surface area contributed by atoms with Crippen LogP contribution in [-0.2, 0) is 9.53 Å². The number of ketones is 1. The van der Waals surface area contributed by atoms with Crippen LogP contribution in [0, 0.1) is 0 Å². The molecule has 8 nitrogen and oxygen atoms in total. The first-order valence-electron chi connectivity index (χ1n) is 10.0. The van der Waals surface area contributed by atoms with Crippen molar-refractivity contribution < 1.29 is 28.2 Å². The first kappa shape index (κ1) is 22.4. The number of nitrogens with one attached hydrogen (secondary N) is 1. The maximum atomic E-state index is 14.6. The van der Waals surface area contributed by atoms with E-state index in [0.29, 0.717) is 5.56 Å². The summed E-state index contributed by atoms with van der Waals surface area (Å²) in [7, 11) is 0. The van der Waals surface area contributed by atoms with Gasteiger partial charge in [0.05, 0.1) is 6.42 Å². The number of halogens is 2. The molecular weight excluding hydrogens is 436 g/mol. The molecule has 3 aromatic rings. The smallest absolute Gasteiger partial charge is 0.351 e. The second-order valence-corrected chi connectivity index (χ2v) is 7.47. The highest BCUT2D eigenvalue weighted by Gasteiger charge is 2.55. The van der Waals surface area contributed by atoms with Crippen molar-refractivity contribution in [1.82, 2.24) is 9.55 Å². The van der Waals surface area contributed by atoms with Crippen molar-refractivity contribution >= 4 is 17.5 Å². The lowest BCUT2D eigenvalue weighted by Crippen LogP contribution is -2.39. The van der Waals surface area contributed by atoms with Gasteiger partial charge in [-0.15, -0.1) is 0 Å². The molecule has 4 rings (SSSR count). The predicted molar refractivity (Wildman–Crippen MR) is 113 cm³/mol. The zero-order valence-electron chi connectivity index (χ0n) is 17.1. The lowest BCUT2D eigenvalue weighted by Gasteiger charge is -2.19. The predicted octanol–water partition coefficient (Wildman–Crippen LogP) is 2.72. The molecule has 1 saturated heterocycles. The van der Waals surface area contributed by atoms with Gasteiger partial charge in [0.15, 0.2) is 6.10 Å². The molecule has 1 aliphatic rings. The molecule has 2 N–H and O–H groups in total. The second kappa shape index (κ2) is 9.00. The van der Waals surface area contributed by atoms with Crippen LogP contribution in [0.5, 0.6) is 0 Å². The van der Waals surface area contributed by atoms with Crippen LogP contribution in [0.1, 0.15) is 34.7 Å². The lowest BCUT2D eigenvalue weighted by molar-refractivity contribution is -0.154. The first-order chi connectivity index (χ1) is 15.8. The van der Waals surface area contributed by atoms with E-state index in [2.05, 4.69) is 10.3 Å². The fourth-order valence-corrected chi connectivity index (χ4v) is 3.51. The Kier molecular flexibility index (Phi) is 6.12. The number of aliphatic hydroxyl groups is 1. The van der Waals surface area contributed by atoms with Crippen molar-refractivity contribution in [1.29, 1.82) is 0 Å². The van der Waals surface area contributed by atoms with E-state index in [1.807, 2.05) is 0 Å². The van der Waals surface area contributed by atoms with E-state index in [1.165, 1.54) is 18.2 Å². The van der Waals surface area contributed by atoms with Gasteiger partial charge in [-0.3, -0.25) is 14.2 Å². The third-order valence-electron chi connectivity index (χ3n) is 5.18. The van der Waals surface area contributed by atoms with Gasteiger partial charge in [-0.05, 0) is 23.8 Å². The molecule has 1 aromatic heterocycles. The van der Waals surface area contributed by atoms with Gasteiger partial charge < -0.3 is 15.2 Å². The van der Waals surface area contributed by atoms with Crippen LogP contribution in [0.3, 0.4) is 0 Å². The fraction of sp³-hybridized carbons (Fsp3) is 0.217. The summed E-state index contributed by atoms with van der Waals surface area (Å²) in [6.45, 7) is 0. The molecule has 33 heavy (non-hydrogen) atoms. The molecule has 0 bridgehead atoms. The number of carbonyl (C=O) groups excluding carboxylic acids is 2. The first-order valence-corrected chi connectivity index (χ1v) is 10.0. The fourth-order valence-electron chi connectivity index (χ4n) is 3.51. The number of anilines is 1. The van der Waals surface area contributed by atoms with Crippen molar-refractivity contribution in [2.24, 2.45) is 0 Å². The van der Waals surface area contributed by atoms with Gasteiger partial charge in [0.25, 0.3) is 11.8 Å². The topological polar surface area (TPSA) is 111 Å². The van der Waals surface area contributed by atoms with Crippen LogP contribution in [0.4, 0.5) is 14.6 Å². The highest BCUT2D eigenvalue weighted by molar-refractivity contribution is 6.03. The Morgan fingerprint density at radius 1 is 1.09 bits per heavy atom. The average Bonchev–Trinajstić information content (AvgIpc) is 3.14. The SMILES string of the molecule is O=C(Nc1ccn([C@H]2CC(F)(F)[C@@H](C(=O)C(O)c3ccccc3)O2)c(=O)n1)c1ccccc1. The second-order valence-electron chi connectivity index (χ2n) is 7.47. The third kappa shape index (κ3) is 4.71. The van der Waals surface area contributed by atoms with E-state index < -0.39 is 48.2 Å². The summed E-state index contributed by atoms with van der Waals surface area (Å²) in [6, 6.07) is 17.1. The molecule has 0 saturated carbocycles. The van der Waals surface area contributed by atoms with E-state index >= 15 is 0 Å². The molecule has 1 unspecified atom stereocenters. The summed E-state index contributed by atoms with van der Waals surface area (Å²) in [6.07, 6.45) is -5.32. The summed E-state index contributed by atoms with van der Waals surface area (Å²) < 4.78 is 35.2. The number of hydrogen-bond donors (Lipinski definition) is 2. The maximum Gasteiger partial charge on any atom is 0.351 e. The Labute approximate surface area is 186 Å². The Hall–Kier alpha value is -3.76. The standard InChI is InChI=1S/C23H19F2N3O5/c24-23(25)13-17(33-20(23)19(30)18(29)14-7-3-1-4-8-14)28-12-11-16(27-22(28)32)26-21(31)15-9-5-2-6-10-15/h1-12,17-18,20,29H,13H2,(H,26,27,31,32)/t17-,18?,20-/m1/s1. The number of benzene rings is 2. The molecule has 170 valence electrons. The number of rotatable bonds is 6. The zero-order valence-corrected chi connectivity index (χ0v) is 17.1. The normalized spacial score (nSPS) is 20.2. The maximum absolute atomic E-state index is 14.6. The molecule has 0 spiro atoms. The van der Waals surface area contributed by atoms with E-state index in [0.717, 1.165) is 10.8 Å². The van der Waals surface area contributed by atoms with Crippen molar-refractivity contribution in [2.75, 3.05) is 5.32 Å². The van der Waals surface area contributed by atoms with Gasteiger partial charge in [-0.25, -0.2) is 13.6 Å². The molecule has 1 fully saturated rings. The minimum absolute atomic E-state index is 0.0676. The van der Waals surface area contributed by atoms with Gasteiger partial charge in [0, 0.05) is 11.8 Å². The largest absolute Gasteiger partial charge is 0.380 e. The molecule has 1 amide bonds. The number of hydrogen-bond acceptors (Lipinski definition) is 6.